The first-order valence-electron chi connectivity index (χ1n) is 6.33. The van der Waals surface area contributed by atoms with Gasteiger partial charge in [-0.3, -0.25) is 0 Å². The molecule has 0 bridgehead atoms. The van der Waals surface area contributed by atoms with E-state index in [0.717, 1.165) is 18.4 Å². The van der Waals surface area contributed by atoms with Crippen LogP contribution < -0.4 is 5.32 Å². The number of aryl methyl sites for hydroxylation is 1. The Kier molecular flexibility index (Phi) is 4.65. The minimum atomic E-state index is -0.153. The normalized spacial score (nSPS) is 21.7. The fraction of sp³-hybridized carbons (Fsp3) is 0.571. The predicted octanol–water partition coefficient (Wildman–Crippen LogP) is 2.52. The molecular weight excluding hydrogens is 249 g/mol. The van der Waals surface area contributed by atoms with E-state index >= 15 is 0 Å². The summed E-state index contributed by atoms with van der Waals surface area (Å²) in [5, 5.41) is 13.0. The Balaban J connectivity index is 2.05. The zero-order valence-electron chi connectivity index (χ0n) is 10.8. The van der Waals surface area contributed by atoms with Crippen molar-refractivity contribution >= 4 is 11.8 Å². The molecule has 1 aromatic rings. The van der Waals surface area contributed by atoms with Crippen molar-refractivity contribution in [3.05, 3.63) is 35.1 Å². The second-order valence-electron chi connectivity index (χ2n) is 4.85. The van der Waals surface area contributed by atoms with E-state index in [4.69, 9.17) is 0 Å². The standard InChI is InChI=1S/C14H20FNOS/c1-9(14(8-17)18-2)16-13-6-3-10-7-11(15)4-5-12(10)13/h4-5,7,9,13-14,16-17H,3,6,8H2,1-2H3. The summed E-state index contributed by atoms with van der Waals surface area (Å²) in [5.74, 6) is -0.153. The van der Waals surface area contributed by atoms with Crippen molar-refractivity contribution in [1.82, 2.24) is 5.32 Å². The lowest BCUT2D eigenvalue weighted by molar-refractivity contribution is 0.270. The minimum absolute atomic E-state index is 0.153. The Morgan fingerprint density at radius 1 is 1.56 bits per heavy atom. The van der Waals surface area contributed by atoms with Gasteiger partial charge in [0.1, 0.15) is 5.82 Å². The van der Waals surface area contributed by atoms with Gasteiger partial charge in [-0.05, 0) is 49.3 Å². The van der Waals surface area contributed by atoms with Crippen LogP contribution in [0, 0.1) is 5.82 Å². The van der Waals surface area contributed by atoms with Crippen LogP contribution in [0.2, 0.25) is 0 Å². The Bertz CT molecular complexity index is 409. The van der Waals surface area contributed by atoms with Gasteiger partial charge in [0.25, 0.3) is 0 Å². The topological polar surface area (TPSA) is 32.3 Å². The highest BCUT2D eigenvalue weighted by atomic mass is 32.2. The summed E-state index contributed by atoms with van der Waals surface area (Å²) in [7, 11) is 0. The fourth-order valence-corrected chi connectivity index (χ4v) is 3.26. The van der Waals surface area contributed by atoms with Gasteiger partial charge in [-0.2, -0.15) is 11.8 Å². The molecule has 0 heterocycles. The molecule has 1 aliphatic rings. The third-order valence-corrected chi connectivity index (χ3v) is 4.85. The van der Waals surface area contributed by atoms with Crippen LogP contribution in [0.3, 0.4) is 0 Å². The van der Waals surface area contributed by atoms with Gasteiger partial charge in [0.15, 0.2) is 0 Å². The van der Waals surface area contributed by atoms with Gasteiger partial charge in [-0.25, -0.2) is 4.39 Å². The Labute approximate surface area is 112 Å². The SMILES string of the molecule is CSC(CO)C(C)NC1CCc2cc(F)ccc21. The zero-order chi connectivity index (χ0) is 13.1. The van der Waals surface area contributed by atoms with Gasteiger partial charge < -0.3 is 10.4 Å². The summed E-state index contributed by atoms with van der Waals surface area (Å²) in [5.41, 5.74) is 2.32. The largest absolute Gasteiger partial charge is 0.395 e. The molecule has 3 unspecified atom stereocenters. The lowest BCUT2D eigenvalue weighted by Gasteiger charge is -2.25. The summed E-state index contributed by atoms with van der Waals surface area (Å²) in [6.45, 7) is 2.28. The first-order chi connectivity index (χ1) is 8.65. The second kappa shape index (κ2) is 6.04. The van der Waals surface area contributed by atoms with E-state index in [1.165, 1.54) is 11.6 Å². The van der Waals surface area contributed by atoms with E-state index in [0.29, 0.717) is 0 Å². The predicted molar refractivity (Wildman–Crippen MR) is 74.4 cm³/mol. The van der Waals surface area contributed by atoms with Crippen molar-refractivity contribution in [2.45, 2.75) is 37.1 Å². The molecule has 1 aromatic carbocycles. The number of thioether (sulfide) groups is 1. The highest BCUT2D eigenvalue weighted by molar-refractivity contribution is 7.99. The number of aliphatic hydroxyl groups excluding tert-OH is 1. The monoisotopic (exact) mass is 269 g/mol. The van der Waals surface area contributed by atoms with Crippen molar-refractivity contribution in [2.75, 3.05) is 12.9 Å². The van der Waals surface area contributed by atoms with Crippen molar-refractivity contribution < 1.29 is 9.50 Å². The highest BCUT2D eigenvalue weighted by Gasteiger charge is 2.26. The van der Waals surface area contributed by atoms with E-state index in [1.807, 2.05) is 12.3 Å². The summed E-state index contributed by atoms with van der Waals surface area (Å²) in [6.07, 6.45) is 3.95. The van der Waals surface area contributed by atoms with Crippen LogP contribution in [0.25, 0.3) is 0 Å². The molecule has 0 fully saturated rings. The number of rotatable bonds is 5. The number of hydrogen-bond donors (Lipinski definition) is 2. The number of aliphatic hydroxyl groups is 1. The van der Waals surface area contributed by atoms with Crippen molar-refractivity contribution in [1.29, 1.82) is 0 Å². The van der Waals surface area contributed by atoms with Crippen molar-refractivity contribution in [3.8, 4) is 0 Å². The van der Waals surface area contributed by atoms with E-state index in [9.17, 15) is 9.50 Å². The number of nitrogens with one attached hydrogen (secondary N) is 1. The molecule has 1 aliphatic carbocycles. The maximum Gasteiger partial charge on any atom is 0.123 e. The molecule has 0 aliphatic heterocycles. The first-order valence-corrected chi connectivity index (χ1v) is 7.62. The molecule has 18 heavy (non-hydrogen) atoms. The third kappa shape index (κ3) is 2.87. The quantitative estimate of drug-likeness (QED) is 0.861. The third-order valence-electron chi connectivity index (χ3n) is 3.69. The van der Waals surface area contributed by atoms with Gasteiger partial charge in [-0.15, -0.1) is 0 Å². The van der Waals surface area contributed by atoms with Gasteiger partial charge >= 0.3 is 0 Å². The molecular formula is C14H20FNOS. The molecule has 0 radical (unpaired) electrons. The van der Waals surface area contributed by atoms with Crippen LogP contribution in [-0.2, 0) is 6.42 Å². The molecule has 0 saturated heterocycles. The van der Waals surface area contributed by atoms with Crippen LogP contribution in [0.15, 0.2) is 18.2 Å². The summed E-state index contributed by atoms with van der Waals surface area (Å²) in [6, 6.07) is 5.58. The molecule has 2 N–H and O–H groups in total. The molecule has 0 spiro atoms. The number of hydrogen-bond acceptors (Lipinski definition) is 3. The Hall–Kier alpha value is -0.580. The van der Waals surface area contributed by atoms with E-state index in [2.05, 4.69) is 12.2 Å². The van der Waals surface area contributed by atoms with Crippen LogP contribution in [-0.4, -0.2) is 29.3 Å². The van der Waals surface area contributed by atoms with Gasteiger partial charge in [0, 0.05) is 17.3 Å². The van der Waals surface area contributed by atoms with Crippen molar-refractivity contribution in [2.24, 2.45) is 0 Å². The van der Waals surface area contributed by atoms with Gasteiger partial charge in [0.2, 0.25) is 0 Å². The zero-order valence-corrected chi connectivity index (χ0v) is 11.6. The number of fused-ring (bicyclic) bond motifs is 1. The summed E-state index contributed by atoms with van der Waals surface area (Å²) in [4.78, 5) is 0. The maximum absolute atomic E-state index is 13.1. The molecule has 100 valence electrons. The second-order valence-corrected chi connectivity index (χ2v) is 5.92. The maximum atomic E-state index is 13.1. The Morgan fingerprint density at radius 2 is 2.33 bits per heavy atom. The van der Waals surface area contributed by atoms with Gasteiger partial charge in [0.05, 0.1) is 6.61 Å². The van der Waals surface area contributed by atoms with E-state index in [-0.39, 0.29) is 29.8 Å². The van der Waals surface area contributed by atoms with E-state index in [1.54, 1.807) is 17.8 Å². The fourth-order valence-electron chi connectivity index (χ4n) is 2.62. The molecule has 2 rings (SSSR count). The van der Waals surface area contributed by atoms with Crippen LogP contribution in [0.5, 0.6) is 0 Å². The number of benzene rings is 1. The molecule has 3 atom stereocenters. The lowest BCUT2D eigenvalue weighted by Crippen LogP contribution is -2.39. The number of halogens is 1. The highest BCUT2D eigenvalue weighted by Crippen LogP contribution is 2.32. The summed E-state index contributed by atoms with van der Waals surface area (Å²) >= 11 is 1.67. The van der Waals surface area contributed by atoms with Crippen molar-refractivity contribution in [3.63, 3.8) is 0 Å². The lowest BCUT2D eigenvalue weighted by atomic mass is 10.1. The smallest absolute Gasteiger partial charge is 0.123 e. The molecule has 0 saturated carbocycles. The molecule has 0 aromatic heterocycles. The molecule has 2 nitrogen and oxygen atoms in total. The van der Waals surface area contributed by atoms with E-state index < -0.39 is 0 Å². The molecule has 4 heteroatoms. The summed E-state index contributed by atoms with van der Waals surface area (Å²) < 4.78 is 13.1. The van der Waals surface area contributed by atoms with Crippen LogP contribution in [0.1, 0.15) is 30.5 Å². The van der Waals surface area contributed by atoms with Gasteiger partial charge in [-0.1, -0.05) is 6.07 Å². The molecule has 0 amide bonds. The minimum Gasteiger partial charge on any atom is -0.395 e. The van der Waals surface area contributed by atoms with Crippen LogP contribution >= 0.6 is 11.8 Å². The Morgan fingerprint density at radius 3 is 3.00 bits per heavy atom. The van der Waals surface area contributed by atoms with Crippen LogP contribution in [0.4, 0.5) is 4.39 Å². The first kappa shape index (κ1) is 13.8. The average Bonchev–Trinajstić information content (AvgIpc) is 2.73. The average molecular weight is 269 g/mol.